The van der Waals surface area contributed by atoms with Crippen molar-refractivity contribution in [3.63, 3.8) is 0 Å². The highest BCUT2D eigenvalue weighted by Gasteiger charge is 2.14. The molecule has 0 aliphatic rings. The number of hydrogen-bond acceptors (Lipinski definition) is 1. The van der Waals surface area contributed by atoms with Gasteiger partial charge < -0.3 is 0 Å². The van der Waals surface area contributed by atoms with Crippen molar-refractivity contribution >= 4 is 31.5 Å². The third-order valence-electron chi connectivity index (χ3n) is 3.07. The Balaban J connectivity index is 2.58. The van der Waals surface area contributed by atoms with Gasteiger partial charge in [-0.25, -0.2) is 8.78 Å². The number of hydrogen-bond donors (Lipinski definition) is 0. The molecular formula is C14H10F2S. The van der Waals surface area contributed by atoms with Crippen LogP contribution >= 0.6 is 11.3 Å². The first-order valence-corrected chi connectivity index (χ1v) is 6.17. The van der Waals surface area contributed by atoms with E-state index in [-0.39, 0.29) is 11.6 Å². The third kappa shape index (κ3) is 1.39. The lowest BCUT2D eigenvalue weighted by Crippen LogP contribution is -1.81. The minimum atomic E-state index is -0.235. The average molecular weight is 248 g/mol. The van der Waals surface area contributed by atoms with Gasteiger partial charge in [-0.3, -0.25) is 0 Å². The number of halogens is 2. The zero-order chi connectivity index (χ0) is 12.2. The monoisotopic (exact) mass is 248 g/mol. The highest BCUT2D eigenvalue weighted by Crippen LogP contribution is 2.38. The normalized spacial score (nSPS) is 11.5. The lowest BCUT2D eigenvalue weighted by Gasteiger charge is -1.97. The van der Waals surface area contributed by atoms with Gasteiger partial charge in [0.05, 0.1) is 9.40 Å². The fourth-order valence-corrected chi connectivity index (χ4v) is 3.32. The average Bonchev–Trinajstić information content (AvgIpc) is 2.69. The van der Waals surface area contributed by atoms with Crippen LogP contribution in [0.4, 0.5) is 8.78 Å². The standard InChI is InChI=1S/C14H10F2S/c1-7-3-5-9-10-6-4-8(2)12(16)14(10)17-13(9)11(7)15/h3-6H,1-2H3. The van der Waals surface area contributed by atoms with Crippen LogP contribution in [0.2, 0.25) is 0 Å². The van der Waals surface area contributed by atoms with E-state index in [1.807, 2.05) is 12.1 Å². The van der Waals surface area contributed by atoms with Gasteiger partial charge in [0, 0.05) is 10.8 Å². The van der Waals surface area contributed by atoms with Gasteiger partial charge >= 0.3 is 0 Å². The van der Waals surface area contributed by atoms with E-state index >= 15 is 0 Å². The second-order valence-electron chi connectivity index (χ2n) is 4.25. The molecule has 0 aliphatic carbocycles. The molecule has 0 amide bonds. The maximum absolute atomic E-state index is 14.0. The van der Waals surface area contributed by atoms with Gasteiger partial charge in [0.2, 0.25) is 0 Å². The molecule has 0 fully saturated rings. The molecule has 0 bridgehead atoms. The lowest BCUT2D eigenvalue weighted by atomic mass is 10.1. The van der Waals surface area contributed by atoms with E-state index < -0.39 is 0 Å². The van der Waals surface area contributed by atoms with E-state index in [4.69, 9.17) is 0 Å². The first-order chi connectivity index (χ1) is 8.09. The van der Waals surface area contributed by atoms with Crippen molar-refractivity contribution < 1.29 is 8.78 Å². The molecule has 0 N–H and O–H groups in total. The molecule has 17 heavy (non-hydrogen) atoms. The van der Waals surface area contributed by atoms with E-state index in [0.717, 1.165) is 10.8 Å². The summed E-state index contributed by atoms with van der Waals surface area (Å²) in [5.41, 5.74) is 1.20. The Morgan fingerprint density at radius 2 is 1.18 bits per heavy atom. The van der Waals surface area contributed by atoms with Crippen LogP contribution in [0.1, 0.15) is 11.1 Å². The molecule has 0 spiro atoms. The maximum Gasteiger partial charge on any atom is 0.143 e. The Kier molecular flexibility index (Phi) is 2.20. The molecule has 3 aromatic rings. The van der Waals surface area contributed by atoms with Gasteiger partial charge in [0.1, 0.15) is 11.6 Å². The number of aryl methyl sites for hydroxylation is 2. The van der Waals surface area contributed by atoms with Crippen LogP contribution in [-0.4, -0.2) is 0 Å². The SMILES string of the molecule is Cc1ccc2c(sc3c(F)c(C)ccc32)c1F. The van der Waals surface area contributed by atoms with Crippen LogP contribution in [0.15, 0.2) is 24.3 Å². The molecule has 1 aromatic heterocycles. The first kappa shape index (κ1) is 10.7. The third-order valence-corrected chi connectivity index (χ3v) is 4.28. The van der Waals surface area contributed by atoms with Crippen LogP contribution in [0.5, 0.6) is 0 Å². The summed E-state index contributed by atoms with van der Waals surface area (Å²) in [6, 6.07) is 7.20. The van der Waals surface area contributed by atoms with Crippen LogP contribution in [0.25, 0.3) is 20.2 Å². The van der Waals surface area contributed by atoms with Crippen molar-refractivity contribution in [1.29, 1.82) is 0 Å². The summed E-state index contributed by atoms with van der Waals surface area (Å²) in [4.78, 5) is 0. The summed E-state index contributed by atoms with van der Waals surface area (Å²) in [6.07, 6.45) is 0. The van der Waals surface area contributed by atoms with Gasteiger partial charge in [-0.2, -0.15) is 0 Å². The summed E-state index contributed by atoms with van der Waals surface area (Å²) in [6.45, 7) is 3.45. The predicted octanol–water partition coefficient (Wildman–Crippen LogP) is 4.95. The van der Waals surface area contributed by atoms with E-state index in [1.54, 1.807) is 26.0 Å². The fraction of sp³-hybridized carbons (Fsp3) is 0.143. The van der Waals surface area contributed by atoms with Crippen molar-refractivity contribution in [3.05, 3.63) is 47.0 Å². The summed E-state index contributed by atoms with van der Waals surface area (Å²) < 4.78 is 29.0. The molecule has 0 radical (unpaired) electrons. The Labute approximate surface area is 101 Å². The Morgan fingerprint density at radius 1 is 0.765 bits per heavy atom. The van der Waals surface area contributed by atoms with Crippen LogP contribution in [0, 0.1) is 25.5 Å². The molecule has 0 unspecified atom stereocenters. The highest BCUT2D eigenvalue weighted by atomic mass is 32.1. The Morgan fingerprint density at radius 3 is 1.59 bits per heavy atom. The van der Waals surface area contributed by atoms with Crippen molar-refractivity contribution in [2.75, 3.05) is 0 Å². The number of thiophene rings is 1. The Hall–Kier alpha value is -1.48. The van der Waals surface area contributed by atoms with E-state index in [2.05, 4.69) is 0 Å². The van der Waals surface area contributed by atoms with Crippen LogP contribution in [-0.2, 0) is 0 Å². The van der Waals surface area contributed by atoms with Crippen molar-refractivity contribution in [2.24, 2.45) is 0 Å². The van der Waals surface area contributed by atoms with Gasteiger partial charge in [-0.15, -0.1) is 11.3 Å². The molecule has 3 heteroatoms. The molecule has 2 aromatic carbocycles. The van der Waals surface area contributed by atoms with Crippen LogP contribution < -0.4 is 0 Å². The van der Waals surface area contributed by atoms with E-state index in [1.165, 1.54) is 11.3 Å². The topological polar surface area (TPSA) is 0 Å². The molecular weight excluding hydrogens is 238 g/mol. The van der Waals surface area contributed by atoms with E-state index in [9.17, 15) is 8.78 Å². The second-order valence-corrected chi connectivity index (χ2v) is 5.27. The molecule has 0 saturated carbocycles. The van der Waals surface area contributed by atoms with Gasteiger partial charge in [0.25, 0.3) is 0 Å². The van der Waals surface area contributed by atoms with Gasteiger partial charge in [-0.1, -0.05) is 24.3 Å². The van der Waals surface area contributed by atoms with Gasteiger partial charge in [-0.05, 0) is 25.0 Å². The number of rotatable bonds is 0. The van der Waals surface area contributed by atoms with Crippen molar-refractivity contribution in [1.82, 2.24) is 0 Å². The first-order valence-electron chi connectivity index (χ1n) is 5.36. The molecule has 3 rings (SSSR count). The molecule has 0 atom stereocenters. The van der Waals surface area contributed by atoms with Crippen LogP contribution in [0.3, 0.4) is 0 Å². The summed E-state index contributed by atoms with van der Waals surface area (Å²) in [5, 5.41) is 1.60. The molecule has 86 valence electrons. The molecule has 0 aliphatic heterocycles. The maximum atomic E-state index is 14.0. The largest absolute Gasteiger partial charge is 0.205 e. The lowest BCUT2D eigenvalue weighted by molar-refractivity contribution is 0.632. The zero-order valence-corrected chi connectivity index (χ0v) is 10.3. The Bertz CT molecular complexity index is 679. The number of benzene rings is 2. The minimum absolute atomic E-state index is 0.235. The van der Waals surface area contributed by atoms with Gasteiger partial charge in [0.15, 0.2) is 0 Å². The minimum Gasteiger partial charge on any atom is -0.205 e. The summed E-state index contributed by atoms with van der Waals surface area (Å²) in [7, 11) is 0. The van der Waals surface area contributed by atoms with Crippen molar-refractivity contribution in [3.8, 4) is 0 Å². The molecule has 1 heterocycles. The summed E-state index contributed by atoms with van der Waals surface area (Å²) in [5.74, 6) is -0.471. The molecule has 0 saturated heterocycles. The van der Waals surface area contributed by atoms with Crippen molar-refractivity contribution in [2.45, 2.75) is 13.8 Å². The smallest absolute Gasteiger partial charge is 0.143 e. The zero-order valence-electron chi connectivity index (χ0n) is 9.47. The summed E-state index contributed by atoms with van der Waals surface area (Å²) >= 11 is 1.19. The molecule has 0 nitrogen and oxygen atoms in total. The quantitative estimate of drug-likeness (QED) is 0.528. The van der Waals surface area contributed by atoms with E-state index in [0.29, 0.717) is 20.5 Å². The number of fused-ring (bicyclic) bond motifs is 3. The highest BCUT2D eigenvalue weighted by molar-refractivity contribution is 7.25. The second kappa shape index (κ2) is 3.50. The fourth-order valence-electron chi connectivity index (χ4n) is 2.03. The predicted molar refractivity (Wildman–Crippen MR) is 68.7 cm³/mol.